The van der Waals surface area contributed by atoms with Gasteiger partial charge >= 0.3 is 0 Å². The molecule has 0 saturated carbocycles. The second kappa shape index (κ2) is 6.97. The van der Waals surface area contributed by atoms with Gasteiger partial charge in [-0.3, -0.25) is 0 Å². The summed E-state index contributed by atoms with van der Waals surface area (Å²) >= 11 is 0. The van der Waals surface area contributed by atoms with E-state index in [0.717, 1.165) is 24.5 Å². The van der Waals surface area contributed by atoms with Crippen LogP contribution in [0.25, 0.3) is 0 Å². The van der Waals surface area contributed by atoms with Gasteiger partial charge in [0.05, 0.1) is 6.61 Å². The summed E-state index contributed by atoms with van der Waals surface area (Å²) in [7, 11) is 0. The molecule has 16 heavy (non-hydrogen) atoms. The van der Waals surface area contributed by atoms with Crippen LogP contribution in [0.3, 0.4) is 0 Å². The van der Waals surface area contributed by atoms with E-state index in [9.17, 15) is 0 Å². The number of hydrogen-bond donors (Lipinski definition) is 0. The average molecular weight is 218 g/mol. The smallest absolute Gasteiger partial charge is 0.145 e. The van der Waals surface area contributed by atoms with E-state index >= 15 is 0 Å². The fourth-order valence-corrected chi connectivity index (χ4v) is 1.43. The first kappa shape index (κ1) is 12.7. The Bertz CT molecular complexity index is 355. The second-order valence-corrected chi connectivity index (χ2v) is 4.21. The van der Waals surface area contributed by atoms with Crippen molar-refractivity contribution in [3.05, 3.63) is 29.6 Å². The van der Waals surface area contributed by atoms with Gasteiger partial charge in [0.25, 0.3) is 0 Å². The van der Waals surface area contributed by atoms with Crippen LogP contribution in [0.15, 0.2) is 18.3 Å². The van der Waals surface area contributed by atoms with E-state index in [2.05, 4.69) is 24.9 Å². The zero-order valence-corrected chi connectivity index (χ0v) is 9.94. The highest BCUT2D eigenvalue weighted by Gasteiger charge is 2.02. The maximum atomic E-state index is 8.83. The third kappa shape index (κ3) is 4.41. The molecule has 0 aliphatic heterocycles. The van der Waals surface area contributed by atoms with Gasteiger partial charge < -0.3 is 4.74 Å². The molecule has 0 aliphatic carbocycles. The predicted molar refractivity (Wildman–Crippen MR) is 62.7 cm³/mol. The normalized spacial score (nSPS) is 10.4. The Kier molecular flexibility index (Phi) is 5.52. The van der Waals surface area contributed by atoms with Crippen molar-refractivity contribution < 1.29 is 4.74 Å². The highest BCUT2D eigenvalue weighted by Crippen LogP contribution is 2.07. The molecule has 1 aromatic heterocycles. The van der Waals surface area contributed by atoms with Gasteiger partial charge in [-0.1, -0.05) is 19.9 Å². The lowest BCUT2D eigenvalue weighted by molar-refractivity contribution is 0.114. The van der Waals surface area contributed by atoms with Gasteiger partial charge in [-0.15, -0.1) is 0 Å². The standard InChI is InChI=1S/C13H18N2O/c1-11(2)5-4-8-16-10-12-6-3-7-15-13(12)9-14/h3,6-7,11H,4-5,8,10H2,1-2H3. The van der Waals surface area contributed by atoms with Crippen molar-refractivity contribution >= 4 is 0 Å². The van der Waals surface area contributed by atoms with E-state index in [0.29, 0.717) is 12.3 Å². The van der Waals surface area contributed by atoms with Crippen molar-refractivity contribution in [1.29, 1.82) is 5.26 Å². The molecular formula is C13H18N2O. The molecule has 0 aromatic carbocycles. The van der Waals surface area contributed by atoms with Crippen molar-refractivity contribution in [2.24, 2.45) is 5.92 Å². The van der Waals surface area contributed by atoms with E-state index < -0.39 is 0 Å². The Labute approximate surface area is 97.1 Å². The topological polar surface area (TPSA) is 45.9 Å². The molecule has 0 fully saturated rings. The molecule has 0 saturated heterocycles. The van der Waals surface area contributed by atoms with E-state index in [1.54, 1.807) is 6.20 Å². The number of pyridine rings is 1. The summed E-state index contributed by atoms with van der Waals surface area (Å²) < 4.78 is 5.52. The van der Waals surface area contributed by atoms with Crippen molar-refractivity contribution in [2.45, 2.75) is 33.3 Å². The monoisotopic (exact) mass is 218 g/mol. The number of ether oxygens (including phenoxy) is 1. The highest BCUT2D eigenvalue weighted by atomic mass is 16.5. The van der Waals surface area contributed by atoms with Crippen molar-refractivity contribution in [3.63, 3.8) is 0 Å². The quantitative estimate of drug-likeness (QED) is 0.690. The van der Waals surface area contributed by atoms with Crippen molar-refractivity contribution in [2.75, 3.05) is 6.61 Å². The lowest BCUT2D eigenvalue weighted by Gasteiger charge is -2.06. The Morgan fingerprint density at radius 1 is 1.50 bits per heavy atom. The third-order valence-electron chi connectivity index (χ3n) is 2.32. The predicted octanol–water partition coefficient (Wildman–Crippen LogP) is 2.91. The Balaban J connectivity index is 2.30. The maximum Gasteiger partial charge on any atom is 0.145 e. The fraction of sp³-hybridized carbons (Fsp3) is 0.538. The minimum Gasteiger partial charge on any atom is -0.377 e. The molecule has 1 rings (SSSR count). The van der Waals surface area contributed by atoms with Crippen molar-refractivity contribution in [1.82, 2.24) is 4.98 Å². The fourth-order valence-electron chi connectivity index (χ4n) is 1.43. The van der Waals surface area contributed by atoms with Crippen LogP contribution in [0.4, 0.5) is 0 Å². The molecule has 0 unspecified atom stereocenters. The van der Waals surface area contributed by atoms with Crippen LogP contribution in [-0.2, 0) is 11.3 Å². The van der Waals surface area contributed by atoms with Gasteiger partial charge in [-0.25, -0.2) is 4.98 Å². The van der Waals surface area contributed by atoms with E-state index in [1.165, 1.54) is 6.42 Å². The summed E-state index contributed by atoms with van der Waals surface area (Å²) in [5, 5.41) is 8.83. The molecular weight excluding hydrogens is 200 g/mol. The maximum absolute atomic E-state index is 8.83. The number of rotatable bonds is 6. The summed E-state index contributed by atoms with van der Waals surface area (Å²) in [5.74, 6) is 0.719. The zero-order valence-electron chi connectivity index (χ0n) is 9.94. The SMILES string of the molecule is CC(C)CCCOCc1cccnc1C#N. The van der Waals surface area contributed by atoms with Gasteiger partial charge in [-0.05, 0) is 24.8 Å². The molecule has 0 bridgehead atoms. The van der Waals surface area contributed by atoms with Crippen LogP contribution in [0.1, 0.15) is 37.9 Å². The van der Waals surface area contributed by atoms with E-state index in [4.69, 9.17) is 10.00 Å². The van der Waals surface area contributed by atoms with Crippen LogP contribution >= 0.6 is 0 Å². The van der Waals surface area contributed by atoms with Gasteiger partial charge in [0.1, 0.15) is 11.8 Å². The number of aromatic nitrogens is 1. The number of hydrogen-bond acceptors (Lipinski definition) is 3. The van der Waals surface area contributed by atoms with Gasteiger partial charge in [-0.2, -0.15) is 5.26 Å². The first-order valence-corrected chi connectivity index (χ1v) is 5.65. The molecule has 0 spiro atoms. The molecule has 0 amide bonds. The van der Waals surface area contributed by atoms with Gasteiger partial charge in [0.15, 0.2) is 0 Å². The van der Waals surface area contributed by atoms with Crippen LogP contribution in [0.5, 0.6) is 0 Å². The molecule has 86 valence electrons. The summed E-state index contributed by atoms with van der Waals surface area (Å²) in [6, 6.07) is 5.77. The lowest BCUT2D eigenvalue weighted by Crippen LogP contribution is -2.00. The van der Waals surface area contributed by atoms with E-state index in [-0.39, 0.29) is 0 Å². The molecule has 0 radical (unpaired) electrons. The Morgan fingerprint density at radius 2 is 2.31 bits per heavy atom. The molecule has 0 N–H and O–H groups in total. The first-order chi connectivity index (χ1) is 7.74. The summed E-state index contributed by atoms with van der Waals surface area (Å²) in [5.41, 5.74) is 1.33. The van der Waals surface area contributed by atoms with Crippen LogP contribution < -0.4 is 0 Å². The van der Waals surface area contributed by atoms with Gasteiger partial charge in [0.2, 0.25) is 0 Å². The summed E-state index contributed by atoms with van der Waals surface area (Å²) in [6.45, 7) is 5.64. The average Bonchev–Trinajstić information content (AvgIpc) is 2.29. The lowest BCUT2D eigenvalue weighted by atomic mass is 10.1. The number of nitriles is 1. The highest BCUT2D eigenvalue weighted by molar-refractivity contribution is 5.29. The van der Waals surface area contributed by atoms with Crippen LogP contribution in [-0.4, -0.2) is 11.6 Å². The molecule has 1 aromatic rings. The minimum atomic E-state index is 0.464. The molecule has 0 atom stereocenters. The minimum absolute atomic E-state index is 0.464. The first-order valence-electron chi connectivity index (χ1n) is 5.65. The molecule has 1 heterocycles. The van der Waals surface area contributed by atoms with Gasteiger partial charge in [0, 0.05) is 18.4 Å². The largest absolute Gasteiger partial charge is 0.377 e. The molecule has 3 nitrogen and oxygen atoms in total. The van der Waals surface area contributed by atoms with Crippen LogP contribution in [0.2, 0.25) is 0 Å². The third-order valence-corrected chi connectivity index (χ3v) is 2.32. The Morgan fingerprint density at radius 3 is 3.00 bits per heavy atom. The summed E-state index contributed by atoms with van der Waals surface area (Å²) in [6.07, 6.45) is 3.87. The second-order valence-electron chi connectivity index (χ2n) is 4.21. The van der Waals surface area contributed by atoms with Crippen molar-refractivity contribution in [3.8, 4) is 6.07 Å². The zero-order chi connectivity index (χ0) is 11.8. The van der Waals surface area contributed by atoms with Crippen LogP contribution in [0, 0.1) is 17.2 Å². The molecule has 0 aliphatic rings. The Hall–Kier alpha value is -1.40. The van der Waals surface area contributed by atoms with E-state index in [1.807, 2.05) is 12.1 Å². The number of nitrogens with zero attached hydrogens (tertiary/aromatic N) is 2. The molecule has 3 heteroatoms. The summed E-state index contributed by atoms with van der Waals surface area (Å²) in [4.78, 5) is 3.98.